The first kappa shape index (κ1) is 15.0. The second-order valence-electron chi connectivity index (χ2n) is 5.36. The third-order valence-electron chi connectivity index (χ3n) is 3.85. The number of nitrogens with zero attached hydrogens (tertiary/aromatic N) is 1. The summed E-state index contributed by atoms with van der Waals surface area (Å²) in [6, 6.07) is 6.62. The van der Waals surface area contributed by atoms with Crippen LogP contribution in [0.3, 0.4) is 0 Å². The fourth-order valence-electron chi connectivity index (χ4n) is 2.70. The van der Waals surface area contributed by atoms with Gasteiger partial charge in [0.2, 0.25) is 5.91 Å². The van der Waals surface area contributed by atoms with Crippen LogP contribution in [0.1, 0.15) is 6.42 Å². The number of hydrogen-bond donors (Lipinski definition) is 3. The smallest absolute Gasteiger partial charge is 0.324 e. The Balaban J connectivity index is 1.68. The van der Waals surface area contributed by atoms with Crippen LogP contribution in [-0.4, -0.2) is 47.9 Å². The van der Waals surface area contributed by atoms with Crippen LogP contribution in [0.2, 0.25) is 0 Å². The number of rotatable bonds is 3. The van der Waals surface area contributed by atoms with Gasteiger partial charge in [0.15, 0.2) is 0 Å². The zero-order valence-corrected chi connectivity index (χ0v) is 13.3. The van der Waals surface area contributed by atoms with E-state index in [1.54, 1.807) is 18.2 Å². The van der Waals surface area contributed by atoms with Gasteiger partial charge in [-0.1, -0.05) is 12.1 Å². The van der Waals surface area contributed by atoms with Crippen molar-refractivity contribution in [1.29, 1.82) is 0 Å². The normalized spacial score (nSPS) is 24.0. The van der Waals surface area contributed by atoms with E-state index in [0.717, 1.165) is 9.37 Å². The molecule has 2 saturated heterocycles. The fraction of sp³-hybridized carbons (Fsp3) is 0.357. The van der Waals surface area contributed by atoms with Gasteiger partial charge in [0, 0.05) is 11.0 Å². The highest BCUT2D eigenvalue weighted by molar-refractivity contribution is 9.10. The molecule has 0 bridgehead atoms. The van der Waals surface area contributed by atoms with E-state index in [1.807, 2.05) is 6.07 Å². The van der Waals surface area contributed by atoms with Gasteiger partial charge in [0.1, 0.15) is 12.1 Å². The molecule has 0 aliphatic carbocycles. The van der Waals surface area contributed by atoms with Crippen LogP contribution in [0.4, 0.5) is 10.5 Å². The Morgan fingerprint density at radius 3 is 2.82 bits per heavy atom. The highest BCUT2D eigenvalue weighted by Gasteiger charge is 2.52. The number of hydrogen-bond acceptors (Lipinski definition) is 4. The SMILES string of the molecule is O=C(CN1C(=O)NC2(CCNC2)C1=O)Nc1ccccc1Br. The molecule has 1 aromatic carbocycles. The first-order chi connectivity index (χ1) is 10.5. The zero-order chi connectivity index (χ0) is 15.7. The van der Waals surface area contributed by atoms with Crippen molar-refractivity contribution in [2.75, 3.05) is 25.0 Å². The standard InChI is InChI=1S/C14H15BrN4O3/c15-9-3-1-2-4-10(9)17-11(20)7-19-12(21)14(18-13(19)22)5-6-16-8-14/h1-4,16H,5-8H2,(H,17,20)(H,18,22). The molecular weight excluding hydrogens is 352 g/mol. The summed E-state index contributed by atoms with van der Waals surface area (Å²) in [4.78, 5) is 37.5. The van der Waals surface area contributed by atoms with Crippen molar-refractivity contribution >= 4 is 39.5 Å². The molecule has 116 valence electrons. The number of anilines is 1. The molecular formula is C14H15BrN4O3. The molecule has 7 nitrogen and oxygen atoms in total. The van der Waals surface area contributed by atoms with Gasteiger partial charge >= 0.3 is 6.03 Å². The van der Waals surface area contributed by atoms with Crippen LogP contribution >= 0.6 is 15.9 Å². The number of carbonyl (C=O) groups is 3. The molecule has 2 aliphatic heterocycles. The molecule has 1 unspecified atom stereocenters. The summed E-state index contributed by atoms with van der Waals surface area (Å²) in [7, 11) is 0. The first-order valence-electron chi connectivity index (χ1n) is 6.91. The van der Waals surface area contributed by atoms with Gasteiger partial charge in [-0.15, -0.1) is 0 Å². The van der Waals surface area contributed by atoms with Crippen molar-refractivity contribution in [2.45, 2.75) is 12.0 Å². The molecule has 0 aromatic heterocycles. The lowest BCUT2D eigenvalue weighted by Crippen LogP contribution is -2.49. The maximum Gasteiger partial charge on any atom is 0.325 e. The molecule has 0 saturated carbocycles. The van der Waals surface area contributed by atoms with Crippen molar-refractivity contribution in [3.05, 3.63) is 28.7 Å². The average Bonchev–Trinajstić information content (AvgIpc) is 3.03. The Bertz CT molecular complexity index is 643. The van der Waals surface area contributed by atoms with E-state index in [2.05, 4.69) is 31.9 Å². The second kappa shape index (κ2) is 5.69. The summed E-state index contributed by atoms with van der Waals surface area (Å²) >= 11 is 3.33. The van der Waals surface area contributed by atoms with Crippen LogP contribution in [0.5, 0.6) is 0 Å². The van der Waals surface area contributed by atoms with Crippen LogP contribution in [0.25, 0.3) is 0 Å². The van der Waals surface area contributed by atoms with Crippen molar-refractivity contribution in [1.82, 2.24) is 15.5 Å². The maximum absolute atomic E-state index is 12.4. The van der Waals surface area contributed by atoms with E-state index < -0.39 is 17.5 Å². The first-order valence-corrected chi connectivity index (χ1v) is 7.70. The molecule has 1 atom stereocenters. The topological polar surface area (TPSA) is 90.5 Å². The number of amides is 4. The number of nitrogens with one attached hydrogen (secondary N) is 3. The second-order valence-corrected chi connectivity index (χ2v) is 6.21. The molecule has 0 radical (unpaired) electrons. The fourth-order valence-corrected chi connectivity index (χ4v) is 3.08. The number of imide groups is 1. The van der Waals surface area contributed by atoms with E-state index in [4.69, 9.17) is 0 Å². The molecule has 3 N–H and O–H groups in total. The van der Waals surface area contributed by atoms with Crippen molar-refractivity contribution < 1.29 is 14.4 Å². The number of para-hydroxylation sites is 1. The highest BCUT2D eigenvalue weighted by Crippen LogP contribution is 2.25. The number of halogens is 1. The van der Waals surface area contributed by atoms with Crippen molar-refractivity contribution in [3.63, 3.8) is 0 Å². The highest BCUT2D eigenvalue weighted by atomic mass is 79.9. The van der Waals surface area contributed by atoms with E-state index in [0.29, 0.717) is 25.2 Å². The lowest BCUT2D eigenvalue weighted by molar-refractivity contribution is -0.133. The number of urea groups is 1. The molecule has 4 amide bonds. The molecule has 22 heavy (non-hydrogen) atoms. The lowest BCUT2D eigenvalue weighted by atomic mass is 9.99. The summed E-state index contributed by atoms with van der Waals surface area (Å²) in [6.45, 7) is 0.774. The Labute approximate surface area is 135 Å². The van der Waals surface area contributed by atoms with Gasteiger partial charge in [0.25, 0.3) is 5.91 Å². The number of benzene rings is 1. The average molecular weight is 367 g/mol. The Hall–Kier alpha value is -1.93. The van der Waals surface area contributed by atoms with Crippen molar-refractivity contribution in [3.8, 4) is 0 Å². The van der Waals surface area contributed by atoms with Crippen LogP contribution in [0, 0.1) is 0 Å². The van der Waals surface area contributed by atoms with E-state index in [9.17, 15) is 14.4 Å². The molecule has 1 spiro atoms. The third kappa shape index (κ3) is 2.59. The van der Waals surface area contributed by atoms with Gasteiger partial charge in [-0.05, 0) is 41.0 Å². The summed E-state index contributed by atoms with van der Waals surface area (Å²) in [6.07, 6.45) is 0.542. The molecule has 8 heteroatoms. The molecule has 2 aliphatic rings. The largest absolute Gasteiger partial charge is 0.325 e. The van der Waals surface area contributed by atoms with E-state index in [1.165, 1.54) is 0 Å². The summed E-state index contributed by atoms with van der Waals surface area (Å²) in [5.74, 6) is -0.761. The molecule has 2 heterocycles. The minimum absolute atomic E-state index is 0.298. The third-order valence-corrected chi connectivity index (χ3v) is 4.54. The minimum atomic E-state index is -0.884. The Morgan fingerprint density at radius 2 is 2.14 bits per heavy atom. The van der Waals surface area contributed by atoms with Crippen LogP contribution < -0.4 is 16.0 Å². The van der Waals surface area contributed by atoms with Crippen LogP contribution in [-0.2, 0) is 9.59 Å². The van der Waals surface area contributed by atoms with Crippen LogP contribution in [0.15, 0.2) is 28.7 Å². The minimum Gasteiger partial charge on any atom is -0.324 e. The molecule has 1 aromatic rings. The van der Waals surface area contributed by atoms with Gasteiger partial charge in [-0.3, -0.25) is 14.5 Å². The summed E-state index contributed by atoms with van der Waals surface area (Å²) in [5, 5.41) is 8.44. The van der Waals surface area contributed by atoms with Gasteiger partial charge in [-0.25, -0.2) is 4.79 Å². The van der Waals surface area contributed by atoms with Crippen molar-refractivity contribution in [2.24, 2.45) is 0 Å². The lowest BCUT2D eigenvalue weighted by Gasteiger charge is -2.19. The quantitative estimate of drug-likeness (QED) is 0.685. The van der Waals surface area contributed by atoms with Gasteiger partial charge < -0.3 is 16.0 Å². The molecule has 2 fully saturated rings. The predicted molar refractivity (Wildman–Crippen MR) is 83.2 cm³/mol. The molecule has 3 rings (SSSR count). The maximum atomic E-state index is 12.4. The Morgan fingerprint density at radius 1 is 1.36 bits per heavy atom. The summed E-state index contributed by atoms with van der Waals surface area (Å²) < 4.78 is 0.733. The van der Waals surface area contributed by atoms with Gasteiger partial charge in [0.05, 0.1) is 5.69 Å². The van der Waals surface area contributed by atoms with E-state index >= 15 is 0 Å². The Kier molecular flexibility index (Phi) is 3.88. The van der Waals surface area contributed by atoms with E-state index in [-0.39, 0.29) is 12.5 Å². The van der Waals surface area contributed by atoms with Gasteiger partial charge in [-0.2, -0.15) is 0 Å². The zero-order valence-electron chi connectivity index (χ0n) is 11.7. The summed E-state index contributed by atoms with van der Waals surface area (Å²) in [5.41, 5.74) is -0.290. The monoisotopic (exact) mass is 366 g/mol. The predicted octanol–water partition coefficient (Wildman–Crippen LogP) is 0.672. The number of carbonyl (C=O) groups excluding carboxylic acids is 3.